The highest BCUT2D eigenvalue weighted by Gasteiger charge is 2.35. The van der Waals surface area contributed by atoms with Crippen molar-refractivity contribution in [2.24, 2.45) is 0 Å². The Morgan fingerprint density at radius 1 is 1.10 bits per heavy atom. The topological polar surface area (TPSA) is 90.3 Å². The van der Waals surface area contributed by atoms with E-state index >= 15 is 0 Å². The zero-order valence-electron chi connectivity index (χ0n) is 23.8. The second-order valence-electron chi connectivity index (χ2n) is 9.74. The summed E-state index contributed by atoms with van der Waals surface area (Å²) in [6, 6.07) is 11.3. The van der Waals surface area contributed by atoms with E-state index in [0.717, 1.165) is 59.5 Å². The van der Waals surface area contributed by atoms with Crippen molar-refractivity contribution in [3.05, 3.63) is 64.4 Å². The first kappa shape index (κ1) is 28.5. The number of rotatable bonds is 12. The van der Waals surface area contributed by atoms with Gasteiger partial charge in [-0.1, -0.05) is 56.7 Å². The first-order valence-corrected chi connectivity index (χ1v) is 14.6. The summed E-state index contributed by atoms with van der Waals surface area (Å²) in [5.74, 6) is 2.64. The van der Waals surface area contributed by atoms with Crippen LogP contribution in [-0.4, -0.2) is 40.1 Å². The number of aryl methyl sites for hydroxylation is 1. The molecule has 1 unspecified atom stereocenters. The van der Waals surface area contributed by atoms with E-state index in [1.54, 1.807) is 23.6 Å². The van der Waals surface area contributed by atoms with Gasteiger partial charge in [0.1, 0.15) is 6.04 Å². The highest BCUT2D eigenvalue weighted by atomic mass is 32.2. The highest BCUT2D eigenvalue weighted by Crippen LogP contribution is 2.40. The quantitative estimate of drug-likeness (QED) is 0.188. The molecule has 8 nitrogen and oxygen atoms in total. The summed E-state index contributed by atoms with van der Waals surface area (Å²) >= 11 is 1.60. The average Bonchev–Trinajstić information content (AvgIpc) is 3.33. The Morgan fingerprint density at radius 3 is 2.67 bits per heavy atom. The number of nitrogens with zero attached hydrogens (tertiary/aromatic N) is 3. The highest BCUT2D eigenvalue weighted by molar-refractivity contribution is 7.99. The minimum absolute atomic E-state index is 0.193. The van der Waals surface area contributed by atoms with Gasteiger partial charge < -0.3 is 20.1 Å². The second kappa shape index (κ2) is 13.1. The fourth-order valence-electron chi connectivity index (χ4n) is 4.57. The van der Waals surface area contributed by atoms with Crippen LogP contribution in [0.1, 0.15) is 69.2 Å². The lowest BCUT2D eigenvalue weighted by Gasteiger charge is -2.29. The van der Waals surface area contributed by atoms with E-state index in [-0.39, 0.29) is 5.91 Å². The number of ether oxygens (including phenoxy) is 2. The summed E-state index contributed by atoms with van der Waals surface area (Å²) in [6.45, 7) is 10.9. The van der Waals surface area contributed by atoms with Gasteiger partial charge in [-0.05, 0) is 68.5 Å². The molecule has 1 aliphatic heterocycles. The zero-order chi connectivity index (χ0) is 27.9. The molecule has 1 atom stereocenters. The van der Waals surface area contributed by atoms with Gasteiger partial charge in [-0.2, -0.15) is 4.98 Å². The molecule has 0 bridgehead atoms. The number of unbranched alkanes of at least 4 members (excludes halogenated alkanes) is 2. The lowest BCUT2D eigenvalue weighted by Crippen LogP contribution is -2.31. The van der Waals surface area contributed by atoms with Gasteiger partial charge in [-0.25, -0.2) is 4.68 Å². The predicted octanol–water partition coefficient (Wildman–Crippen LogP) is 6.90. The van der Waals surface area contributed by atoms with Crippen LogP contribution in [0.5, 0.6) is 11.5 Å². The van der Waals surface area contributed by atoms with E-state index in [1.165, 1.54) is 0 Å². The molecule has 2 N–H and O–H groups in total. The van der Waals surface area contributed by atoms with Crippen LogP contribution in [-0.2, 0) is 4.79 Å². The molecule has 1 aromatic heterocycles. The third kappa shape index (κ3) is 6.41. The van der Waals surface area contributed by atoms with Crippen molar-refractivity contribution in [2.45, 2.75) is 71.5 Å². The van der Waals surface area contributed by atoms with Gasteiger partial charge in [0.05, 0.1) is 19.3 Å². The third-order valence-corrected chi connectivity index (χ3v) is 7.92. The van der Waals surface area contributed by atoms with Crippen LogP contribution in [0.3, 0.4) is 0 Å². The van der Waals surface area contributed by atoms with Crippen molar-refractivity contribution in [2.75, 3.05) is 30.1 Å². The second-order valence-corrected chi connectivity index (χ2v) is 10.8. The number of allylic oxidation sites excluding steroid dienone is 1. The van der Waals surface area contributed by atoms with Gasteiger partial charge in [0.15, 0.2) is 11.5 Å². The normalized spacial score (nSPS) is 14.6. The van der Waals surface area contributed by atoms with E-state index in [4.69, 9.17) is 19.6 Å². The first-order valence-electron chi connectivity index (χ1n) is 13.6. The molecule has 39 heavy (non-hydrogen) atoms. The number of benzene rings is 2. The van der Waals surface area contributed by atoms with Crippen molar-refractivity contribution < 1.29 is 14.3 Å². The number of methoxy groups -OCH3 is 1. The Kier molecular flexibility index (Phi) is 9.56. The molecule has 0 saturated heterocycles. The number of hydrogen-bond acceptors (Lipinski definition) is 7. The van der Waals surface area contributed by atoms with E-state index in [2.05, 4.69) is 24.5 Å². The Labute approximate surface area is 235 Å². The van der Waals surface area contributed by atoms with Crippen molar-refractivity contribution >= 4 is 29.3 Å². The predicted molar refractivity (Wildman–Crippen MR) is 158 cm³/mol. The maximum Gasteiger partial charge on any atom is 0.255 e. The first-order chi connectivity index (χ1) is 18.9. The smallest absolute Gasteiger partial charge is 0.255 e. The van der Waals surface area contributed by atoms with Crippen LogP contribution in [0.2, 0.25) is 0 Å². The molecule has 0 radical (unpaired) electrons. The standard InChI is InChI=1S/C30H39N5O3S/c1-7-9-10-16-38-24-15-14-22(18-25(24)37-6)27-26(28(36)32-23-13-11-12-19(3)20(23)4)21(5)31-29-33-30(34-35(27)29)39-17-8-2/h11-15,18,27H,7-10,16-17H2,1-6H3,(H,32,36)(H,31,33,34). The van der Waals surface area contributed by atoms with Gasteiger partial charge in [0.2, 0.25) is 11.1 Å². The van der Waals surface area contributed by atoms with Crippen LogP contribution in [0.25, 0.3) is 0 Å². The summed E-state index contributed by atoms with van der Waals surface area (Å²) in [4.78, 5) is 18.6. The molecule has 3 aromatic rings. The summed E-state index contributed by atoms with van der Waals surface area (Å²) in [5.41, 5.74) is 5.10. The van der Waals surface area contributed by atoms with Crippen molar-refractivity contribution in [1.82, 2.24) is 14.8 Å². The summed E-state index contributed by atoms with van der Waals surface area (Å²) in [7, 11) is 1.63. The van der Waals surface area contributed by atoms with Crippen molar-refractivity contribution in [1.29, 1.82) is 0 Å². The fourth-order valence-corrected chi connectivity index (χ4v) is 5.26. The van der Waals surface area contributed by atoms with E-state index in [1.807, 2.05) is 57.2 Å². The molecule has 2 heterocycles. The fraction of sp³-hybridized carbons (Fsp3) is 0.433. The number of thioether (sulfide) groups is 1. The Balaban J connectivity index is 1.74. The Hall–Kier alpha value is -3.46. The molecule has 0 spiro atoms. The van der Waals surface area contributed by atoms with Gasteiger partial charge in [0, 0.05) is 17.1 Å². The zero-order valence-corrected chi connectivity index (χ0v) is 24.6. The lowest BCUT2D eigenvalue weighted by molar-refractivity contribution is -0.113. The van der Waals surface area contributed by atoms with E-state index in [9.17, 15) is 4.79 Å². The largest absolute Gasteiger partial charge is 0.493 e. The molecule has 0 saturated carbocycles. The molecular formula is C30H39N5O3S. The summed E-state index contributed by atoms with van der Waals surface area (Å²) in [5, 5.41) is 12.0. The molecule has 9 heteroatoms. The van der Waals surface area contributed by atoms with Crippen LogP contribution >= 0.6 is 11.8 Å². The van der Waals surface area contributed by atoms with Crippen LogP contribution in [0, 0.1) is 13.8 Å². The summed E-state index contributed by atoms with van der Waals surface area (Å²) < 4.78 is 13.5. The number of hydrogen-bond donors (Lipinski definition) is 2. The number of anilines is 2. The number of carbonyl (C=O) groups is 1. The summed E-state index contributed by atoms with van der Waals surface area (Å²) in [6.07, 6.45) is 4.25. The van der Waals surface area contributed by atoms with E-state index < -0.39 is 6.04 Å². The molecule has 1 aliphatic rings. The third-order valence-electron chi connectivity index (χ3n) is 6.87. The number of amides is 1. The lowest BCUT2D eigenvalue weighted by atomic mass is 9.94. The van der Waals surface area contributed by atoms with Gasteiger partial charge in [-0.15, -0.1) is 5.10 Å². The molecule has 1 amide bonds. The van der Waals surface area contributed by atoms with Gasteiger partial charge >= 0.3 is 0 Å². The van der Waals surface area contributed by atoms with Crippen LogP contribution < -0.4 is 20.1 Å². The van der Waals surface area contributed by atoms with Crippen molar-refractivity contribution in [3.63, 3.8) is 0 Å². The number of nitrogens with one attached hydrogen (secondary N) is 2. The monoisotopic (exact) mass is 549 g/mol. The average molecular weight is 550 g/mol. The van der Waals surface area contributed by atoms with Crippen LogP contribution in [0.4, 0.5) is 11.6 Å². The molecule has 0 fully saturated rings. The van der Waals surface area contributed by atoms with Gasteiger partial charge in [0.25, 0.3) is 5.91 Å². The molecular weight excluding hydrogens is 510 g/mol. The number of fused-ring (bicyclic) bond motifs is 1. The Morgan fingerprint density at radius 2 is 1.92 bits per heavy atom. The molecule has 2 aromatic carbocycles. The minimum atomic E-state index is -0.502. The SMILES string of the molecule is CCCCCOc1ccc(C2C(C(=O)Nc3cccc(C)c3C)=C(C)Nc3nc(SCCC)nn32)cc1OC. The maximum atomic E-state index is 13.9. The van der Waals surface area contributed by atoms with Gasteiger partial charge in [-0.3, -0.25) is 4.79 Å². The molecule has 4 rings (SSSR count). The number of carbonyl (C=O) groups excluding carboxylic acids is 1. The maximum absolute atomic E-state index is 13.9. The molecule has 208 valence electrons. The number of aromatic nitrogens is 3. The minimum Gasteiger partial charge on any atom is -0.493 e. The van der Waals surface area contributed by atoms with Crippen molar-refractivity contribution in [3.8, 4) is 11.5 Å². The molecule has 0 aliphatic carbocycles. The Bertz CT molecular complexity index is 1350. The van der Waals surface area contributed by atoms with E-state index in [0.29, 0.717) is 34.8 Å². The van der Waals surface area contributed by atoms with Crippen LogP contribution in [0.15, 0.2) is 52.8 Å².